The van der Waals surface area contributed by atoms with Gasteiger partial charge in [-0.05, 0) is 37.3 Å². The van der Waals surface area contributed by atoms with E-state index in [1.165, 1.54) is 22.0 Å². The van der Waals surface area contributed by atoms with Crippen molar-refractivity contribution in [3.05, 3.63) is 47.2 Å². The summed E-state index contributed by atoms with van der Waals surface area (Å²) < 4.78 is 11.1. The first-order valence-corrected chi connectivity index (χ1v) is 8.80. The fourth-order valence-corrected chi connectivity index (χ4v) is 3.53. The van der Waals surface area contributed by atoms with E-state index in [4.69, 9.17) is 9.26 Å². The minimum atomic E-state index is 0.358. The highest BCUT2D eigenvalue weighted by atomic mass is 16.5. The van der Waals surface area contributed by atoms with Gasteiger partial charge in [0.05, 0.1) is 6.10 Å². The van der Waals surface area contributed by atoms with Gasteiger partial charge in [0.1, 0.15) is 0 Å². The van der Waals surface area contributed by atoms with E-state index in [1.807, 2.05) is 6.92 Å². The molecule has 126 valence electrons. The van der Waals surface area contributed by atoms with Gasteiger partial charge in [-0.2, -0.15) is 4.98 Å². The summed E-state index contributed by atoms with van der Waals surface area (Å²) in [5.41, 5.74) is 3.77. The minimum absolute atomic E-state index is 0.358. The molecule has 1 aliphatic rings. The molecule has 3 aromatic rings. The van der Waals surface area contributed by atoms with Gasteiger partial charge in [-0.25, -0.2) is 0 Å². The Morgan fingerprint density at radius 1 is 1.25 bits per heavy atom. The number of nitrogens with one attached hydrogen (secondary N) is 1. The number of hydrogen-bond acceptors (Lipinski definition) is 4. The molecule has 1 aromatic carbocycles. The van der Waals surface area contributed by atoms with E-state index < -0.39 is 0 Å². The van der Waals surface area contributed by atoms with Crippen molar-refractivity contribution in [2.75, 3.05) is 6.61 Å². The van der Waals surface area contributed by atoms with E-state index in [-0.39, 0.29) is 0 Å². The molecule has 5 nitrogen and oxygen atoms in total. The molecule has 0 aliphatic heterocycles. The highest BCUT2D eigenvalue weighted by Crippen LogP contribution is 2.38. The zero-order chi connectivity index (χ0) is 16.5. The molecule has 0 amide bonds. The third-order valence-corrected chi connectivity index (χ3v) is 4.95. The number of nitrogens with zero attached hydrogens (tertiary/aromatic N) is 2. The van der Waals surface area contributed by atoms with Crippen molar-refractivity contribution < 1.29 is 9.26 Å². The minimum Gasteiger partial charge on any atom is -0.378 e. The van der Waals surface area contributed by atoms with Crippen molar-refractivity contribution in [1.82, 2.24) is 15.1 Å². The molecule has 5 heteroatoms. The molecule has 2 heterocycles. The summed E-state index contributed by atoms with van der Waals surface area (Å²) in [6, 6.07) is 6.43. The van der Waals surface area contributed by atoms with Crippen LogP contribution in [0.15, 0.2) is 28.9 Å². The monoisotopic (exact) mass is 325 g/mol. The largest absolute Gasteiger partial charge is 0.378 e. The van der Waals surface area contributed by atoms with Crippen LogP contribution in [-0.2, 0) is 17.6 Å². The number of hydrogen-bond donors (Lipinski definition) is 1. The van der Waals surface area contributed by atoms with E-state index in [0.717, 1.165) is 37.6 Å². The number of rotatable bonds is 6. The zero-order valence-electron chi connectivity index (χ0n) is 14.2. The first-order valence-electron chi connectivity index (χ1n) is 8.80. The number of aromatic amines is 1. The van der Waals surface area contributed by atoms with Crippen LogP contribution in [0.4, 0.5) is 0 Å². The van der Waals surface area contributed by atoms with Crippen molar-refractivity contribution in [1.29, 1.82) is 0 Å². The molecule has 1 N–H and O–H groups in total. The number of aromatic nitrogens is 3. The van der Waals surface area contributed by atoms with Crippen molar-refractivity contribution in [2.45, 2.75) is 51.6 Å². The van der Waals surface area contributed by atoms with Gasteiger partial charge in [0.25, 0.3) is 0 Å². The van der Waals surface area contributed by atoms with Gasteiger partial charge in [-0.1, -0.05) is 30.3 Å². The van der Waals surface area contributed by atoms with Crippen LogP contribution in [-0.4, -0.2) is 27.8 Å². The number of ether oxygens (including phenoxy) is 1. The lowest BCUT2D eigenvalue weighted by atomic mass is 9.82. The predicted molar refractivity (Wildman–Crippen MR) is 92.2 cm³/mol. The summed E-state index contributed by atoms with van der Waals surface area (Å²) in [5.74, 6) is 1.88. The maximum absolute atomic E-state index is 5.60. The SMILES string of the molecule is CCOC1CC(c2nc(Cc3c[nH]c4c(CC)cccc34)no2)C1. The molecule has 1 aliphatic carbocycles. The van der Waals surface area contributed by atoms with Crippen LogP contribution in [0, 0.1) is 0 Å². The lowest BCUT2D eigenvalue weighted by Gasteiger charge is -2.32. The number of aryl methyl sites for hydroxylation is 1. The Labute approximate surface area is 141 Å². The predicted octanol–water partition coefficient (Wildman–Crippen LogP) is 3.99. The normalized spacial score (nSPS) is 20.4. The molecular weight excluding hydrogens is 302 g/mol. The summed E-state index contributed by atoms with van der Waals surface area (Å²) in [5, 5.41) is 5.42. The number of benzene rings is 1. The summed E-state index contributed by atoms with van der Waals surface area (Å²) in [6.45, 7) is 4.98. The second-order valence-electron chi connectivity index (χ2n) is 6.48. The Morgan fingerprint density at radius 3 is 2.92 bits per heavy atom. The summed E-state index contributed by atoms with van der Waals surface area (Å²) >= 11 is 0. The molecule has 0 radical (unpaired) electrons. The first-order chi connectivity index (χ1) is 11.8. The Balaban J connectivity index is 1.49. The number of H-pyrrole nitrogens is 1. The number of fused-ring (bicyclic) bond motifs is 1. The fraction of sp³-hybridized carbons (Fsp3) is 0.474. The quantitative estimate of drug-likeness (QED) is 0.744. The maximum Gasteiger partial charge on any atom is 0.229 e. The molecule has 24 heavy (non-hydrogen) atoms. The Bertz CT molecular complexity index is 830. The molecule has 0 saturated heterocycles. The van der Waals surface area contributed by atoms with Crippen LogP contribution >= 0.6 is 0 Å². The second kappa shape index (κ2) is 6.40. The molecule has 0 unspecified atom stereocenters. The molecule has 4 rings (SSSR count). The average molecular weight is 325 g/mol. The molecule has 0 spiro atoms. The van der Waals surface area contributed by atoms with Gasteiger partial charge in [-0.15, -0.1) is 0 Å². The first kappa shape index (κ1) is 15.4. The van der Waals surface area contributed by atoms with Crippen LogP contribution in [0.25, 0.3) is 10.9 Å². The fourth-order valence-electron chi connectivity index (χ4n) is 3.53. The van der Waals surface area contributed by atoms with Gasteiger partial charge in [0.2, 0.25) is 5.89 Å². The van der Waals surface area contributed by atoms with Crippen LogP contribution in [0.3, 0.4) is 0 Å². The molecule has 1 fully saturated rings. The second-order valence-corrected chi connectivity index (χ2v) is 6.48. The molecule has 1 saturated carbocycles. The summed E-state index contributed by atoms with van der Waals surface area (Å²) in [7, 11) is 0. The van der Waals surface area contributed by atoms with Gasteiger partial charge in [0.15, 0.2) is 5.82 Å². The maximum atomic E-state index is 5.60. The Hall–Kier alpha value is -2.14. The van der Waals surface area contributed by atoms with Crippen LogP contribution in [0.5, 0.6) is 0 Å². The van der Waals surface area contributed by atoms with E-state index >= 15 is 0 Å². The van der Waals surface area contributed by atoms with Crippen molar-refractivity contribution in [2.24, 2.45) is 0 Å². The van der Waals surface area contributed by atoms with Crippen LogP contribution < -0.4 is 0 Å². The molecule has 2 aromatic heterocycles. The Morgan fingerprint density at radius 2 is 2.12 bits per heavy atom. The average Bonchev–Trinajstić information content (AvgIpc) is 3.18. The zero-order valence-corrected chi connectivity index (χ0v) is 14.2. The Kier molecular flexibility index (Phi) is 4.10. The van der Waals surface area contributed by atoms with Crippen molar-refractivity contribution in [3.8, 4) is 0 Å². The van der Waals surface area contributed by atoms with E-state index in [0.29, 0.717) is 18.4 Å². The highest BCUT2D eigenvalue weighted by Gasteiger charge is 2.34. The summed E-state index contributed by atoms with van der Waals surface area (Å²) in [4.78, 5) is 8.00. The highest BCUT2D eigenvalue weighted by molar-refractivity contribution is 5.86. The molecular formula is C19H23N3O2. The van der Waals surface area contributed by atoms with Crippen molar-refractivity contribution in [3.63, 3.8) is 0 Å². The van der Waals surface area contributed by atoms with Gasteiger partial charge < -0.3 is 14.2 Å². The third-order valence-electron chi connectivity index (χ3n) is 4.95. The molecule has 0 bridgehead atoms. The topological polar surface area (TPSA) is 63.9 Å². The third kappa shape index (κ3) is 2.73. The van der Waals surface area contributed by atoms with E-state index in [1.54, 1.807) is 0 Å². The molecule has 0 atom stereocenters. The van der Waals surface area contributed by atoms with Gasteiger partial charge in [0, 0.05) is 36.0 Å². The lowest BCUT2D eigenvalue weighted by Crippen LogP contribution is -2.29. The lowest BCUT2D eigenvalue weighted by molar-refractivity contribution is -0.00961. The van der Waals surface area contributed by atoms with Crippen LogP contribution in [0.1, 0.15) is 55.4 Å². The van der Waals surface area contributed by atoms with E-state index in [2.05, 4.69) is 46.4 Å². The van der Waals surface area contributed by atoms with E-state index in [9.17, 15) is 0 Å². The van der Waals surface area contributed by atoms with Gasteiger partial charge in [-0.3, -0.25) is 0 Å². The standard InChI is InChI=1S/C19H23N3O2/c1-3-12-6-5-7-16-14(11-20-18(12)16)10-17-21-19(24-22-17)13-8-15(9-13)23-4-2/h5-7,11,13,15,20H,3-4,8-10H2,1-2H3. The van der Waals surface area contributed by atoms with Gasteiger partial charge >= 0.3 is 0 Å². The van der Waals surface area contributed by atoms with Crippen molar-refractivity contribution >= 4 is 10.9 Å². The van der Waals surface area contributed by atoms with Crippen LogP contribution in [0.2, 0.25) is 0 Å². The smallest absolute Gasteiger partial charge is 0.229 e. The number of para-hydroxylation sites is 1. The summed E-state index contributed by atoms with van der Waals surface area (Å²) in [6.07, 6.45) is 6.11.